The van der Waals surface area contributed by atoms with Crippen LogP contribution in [0.2, 0.25) is 0 Å². The van der Waals surface area contributed by atoms with Crippen molar-refractivity contribution in [1.29, 1.82) is 0 Å². The molecule has 1 fully saturated rings. The summed E-state index contributed by atoms with van der Waals surface area (Å²) < 4.78 is 12.9. The van der Waals surface area contributed by atoms with E-state index in [-0.39, 0.29) is 18.6 Å². The summed E-state index contributed by atoms with van der Waals surface area (Å²) in [5, 5.41) is 1.08. The molecule has 112 valence electrons. The van der Waals surface area contributed by atoms with Crippen molar-refractivity contribution in [1.82, 2.24) is 4.57 Å². The molecule has 2 aromatic rings. The first kappa shape index (κ1) is 14.0. The Morgan fingerprint density at radius 2 is 2.10 bits per heavy atom. The summed E-state index contributed by atoms with van der Waals surface area (Å²) in [5.74, 6) is 0.713. The highest BCUT2D eigenvalue weighted by atomic mass is 16.5. The molecule has 0 saturated heterocycles. The molecule has 0 N–H and O–H groups in total. The van der Waals surface area contributed by atoms with E-state index >= 15 is 0 Å². The Labute approximate surface area is 124 Å². The zero-order chi connectivity index (χ0) is 14.7. The normalized spacial score (nSPS) is 15.5. The van der Waals surface area contributed by atoms with E-state index in [2.05, 4.69) is 0 Å². The van der Waals surface area contributed by atoms with Crippen LogP contribution in [-0.4, -0.2) is 23.2 Å². The lowest BCUT2D eigenvalue weighted by Crippen LogP contribution is -2.19. The highest BCUT2D eigenvalue weighted by Crippen LogP contribution is 2.23. The third kappa shape index (κ3) is 3.20. The molecule has 21 heavy (non-hydrogen) atoms. The maximum absolute atomic E-state index is 12.0. The molecule has 0 radical (unpaired) electrons. The molecule has 3 rings (SSSR count). The second kappa shape index (κ2) is 6.20. The fraction of sp³-hybridized carbons (Fsp3) is 0.471. The van der Waals surface area contributed by atoms with E-state index in [9.17, 15) is 4.79 Å². The number of rotatable bonds is 5. The monoisotopic (exact) mass is 287 g/mol. The van der Waals surface area contributed by atoms with Crippen molar-refractivity contribution in [2.75, 3.05) is 6.61 Å². The van der Waals surface area contributed by atoms with Gasteiger partial charge in [-0.25, -0.2) is 0 Å². The zero-order valence-corrected chi connectivity index (χ0v) is 12.4. The van der Waals surface area contributed by atoms with E-state index in [1.54, 1.807) is 0 Å². The number of hydrogen-bond acceptors (Lipinski definition) is 3. The molecule has 0 unspecified atom stereocenters. The fourth-order valence-corrected chi connectivity index (χ4v) is 2.94. The van der Waals surface area contributed by atoms with Gasteiger partial charge in [0.25, 0.3) is 0 Å². The molecule has 0 atom stereocenters. The van der Waals surface area contributed by atoms with Crippen LogP contribution in [0.5, 0.6) is 5.75 Å². The smallest absolute Gasteiger partial charge is 0.326 e. The number of ether oxygens (including phenoxy) is 2. The van der Waals surface area contributed by atoms with Crippen LogP contribution < -0.4 is 4.74 Å². The van der Waals surface area contributed by atoms with E-state index in [1.165, 1.54) is 12.8 Å². The summed E-state index contributed by atoms with van der Waals surface area (Å²) >= 11 is 0. The number of carbonyl (C=O) groups is 1. The molecule has 1 aliphatic carbocycles. The number of esters is 1. The summed E-state index contributed by atoms with van der Waals surface area (Å²) in [6, 6.07) is 7.92. The van der Waals surface area contributed by atoms with Crippen LogP contribution in [-0.2, 0) is 16.1 Å². The van der Waals surface area contributed by atoms with Crippen LogP contribution in [0.3, 0.4) is 0 Å². The van der Waals surface area contributed by atoms with Crippen molar-refractivity contribution >= 4 is 16.9 Å². The van der Waals surface area contributed by atoms with Crippen molar-refractivity contribution in [3.63, 3.8) is 0 Å². The van der Waals surface area contributed by atoms with Crippen LogP contribution >= 0.6 is 0 Å². The van der Waals surface area contributed by atoms with E-state index in [0.717, 1.165) is 29.5 Å². The van der Waals surface area contributed by atoms with Gasteiger partial charge < -0.3 is 14.0 Å². The van der Waals surface area contributed by atoms with E-state index in [1.807, 2.05) is 42.0 Å². The van der Waals surface area contributed by atoms with Gasteiger partial charge in [0, 0.05) is 17.1 Å². The van der Waals surface area contributed by atoms with Crippen LogP contribution in [0.25, 0.3) is 10.9 Å². The quantitative estimate of drug-likeness (QED) is 0.790. The lowest BCUT2D eigenvalue weighted by molar-refractivity contribution is -0.149. The van der Waals surface area contributed by atoms with Crippen molar-refractivity contribution in [2.45, 2.75) is 45.3 Å². The molecule has 1 aromatic carbocycles. The molecule has 4 heteroatoms. The summed E-state index contributed by atoms with van der Waals surface area (Å²) in [5.41, 5.74) is 1.03. The van der Waals surface area contributed by atoms with Crippen LogP contribution in [0.4, 0.5) is 0 Å². The third-order valence-corrected chi connectivity index (χ3v) is 3.95. The predicted octanol–water partition coefficient (Wildman–Crippen LogP) is 3.53. The molecule has 0 spiro atoms. The van der Waals surface area contributed by atoms with Crippen molar-refractivity contribution < 1.29 is 14.3 Å². The average Bonchev–Trinajstić information content (AvgIpc) is 3.09. The standard InChI is InChI=1S/C17H21NO3/c1-2-20-15-7-8-16-13(11-15)9-10-18(16)12-17(19)21-14-5-3-4-6-14/h7-11,14H,2-6,12H2,1H3. The van der Waals surface area contributed by atoms with Gasteiger partial charge in [-0.2, -0.15) is 0 Å². The Balaban J connectivity index is 1.70. The van der Waals surface area contributed by atoms with E-state index in [4.69, 9.17) is 9.47 Å². The van der Waals surface area contributed by atoms with Crippen LogP contribution in [0, 0.1) is 0 Å². The third-order valence-electron chi connectivity index (χ3n) is 3.95. The summed E-state index contributed by atoms with van der Waals surface area (Å²) in [4.78, 5) is 12.0. The largest absolute Gasteiger partial charge is 0.494 e. The SMILES string of the molecule is CCOc1ccc2c(ccn2CC(=O)OC2CCCC2)c1. The van der Waals surface area contributed by atoms with Gasteiger partial charge in [0.2, 0.25) is 0 Å². The maximum Gasteiger partial charge on any atom is 0.326 e. The van der Waals surface area contributed by atoms with Gasteiger partial charge in [0.15, 0.2) is 0 Å². The minimum Gasteiger partial charge on any atom is -0.494 e. The van der Waals surface area contributed by atoms with Gasteiger partial charge in [-0.15, -0.1) is 0 Å². The Bertz CT molecular complexity index is 626. The Morgan fingerprint density at radius 1 is 1.29 bits per heavy atom. The average molecular weight is 287 g/mol. The first-order valence-electron chi connectivity index (χ1n) is 7.67. The van der Waals surface area contributed by atoms with Crippen LogP contribution in [0.1, 0.15) is 32.6 Å². The highest BCUT2D eigenvalue weighted by molar-refractivity contribution is 5.83. The highest BCUT2D eigenvalue weighted by Gasteiger charge is 2.19. The predicted molar refractivity (Wildman–Crippen MR) is 81.5 cm³/mol. The van der Waals surface area contributed by atoms with Crippen molar-refractivity contribution in [3.05, 3.63) is 30.5 Å². The summed E-state index contributed by atoms with van der Waals surface area (Å²) in [6.07, 6.45) is 6.42. The Morgan fingerprint density at radius 3 is 2.86 bits per heavy atom. The lowest BCUT2D eigenvalue weighted by Gasteiger charge is -2.12. The number of nitrogens with zero attached hydrogens (tertiary/aromatic N) is 1. The van der Waals surface area contributed by atoms with Gasteiger partial charge in [0.05, 0.1) is 6.61 Å². The first-order chi connectivity index (χ1) is 10.3. The van der Waals surface area contributed by atoms with Gasteiger partial charge in [-0.3, -0.25) is 4.79 Å². The second-order valence-electron chi connectivity index (χ2n) is 5.49. The number of carbonyl (C=O) groups excluding carboxylic acids is 1. The number of aromatic nitrogens is 1. The molecule has 4 nitrogen and oxygen atoms in total. The number of benzene rings is 1. The molecular formula is C17H21NO3. The molecular weight excluding hydrogens is 266 g/mol. The van der Waals surface area contributed by atoms with Gasteiger partial charge in [-0.05, 0) is 56.9 Å². The molecule has 1 aromatic heterocycles. The molecule has 1 heterocycles. The molecule has 0 amide bonds. The number of hydrogen-bond donors (Lipinski definition) is 0. The molecule has 0 aliphatic heterocycles. The Hall–Kier alpha value is -1.97. The van der Waals surface area contributed by atoms with Gasteiger partial charge in [-0.1, -0.05) is 0 Å². The first-order valence-corrected chi connectivity index (χ1v) is 7.67. The topological polar surface area (TPSA) is 40.5 Å². The van der Waals surface area contributed by atoms with Gasteiger partial charge in [0.1, 0.15) is 18.4 Å². The molecule has 1 saturated carbocycles. The Kier molecular flexibility index (Phi) is 4.13. The minimum atomic E-state index is -0.145. The van der Waals surface area contributed by atoms with Crippen molar-refractivity contribution in [2.24, 2.45) is 0 Å². The van der Waals surface area contributed by atoms with E-state index < -0.39 is 0 Å². The fourth-order valence-electron chi connectivity index (χ4n) is 2.94. The number of fused-ring (bicyclic) bond motifs is 1. The van der Waals surface area contributed by atoms with E-state index in [0.29, 0.717) is 6.61 Å². The van der Waals surface area contributed by atoms with Crippen molar-refractivity contribution in [3.8, 4) is 5.75 Å². The lowest BCUT2D eigenvalue weighted by atomic mass is 10.2. The van der Waals surface area contributed by atoms with Crippen LogP contribution in [0.15, 0.2) is 30.5 Å². The molecule has 1 aliphatic rings. The zero-order valence-electron chi connectivity index (χ0n) is 12.4. The maximum atomic E-state index is 12.0. The second-order valence-corrected chi connectivity index (χ2v) is 5.49. The minimum absolute atomic E-state index is 0.129. The summed E-state index contributed by atoms with van der Waals surface area (Å²) in [6.45, 7) is 2.89. The summed E-state index contributed by atoms with van der Waals surface area (Å²) in [7, 11) is 0. The molecule has 0 bridgehead atoms. The van der Waals surface area contributed by atoms with Gasteiger partial charge >= 0.3 is 5.97 Å².